The molecule has 29 heavy (non-hydrogen) atoms. The van der Waals surface area contributed by atoms with Crippen molar-refractivity contribution in [3.05, 3.63) is 29.8 Å². The van der Waals surface area contributed by atoms with E-state index in [1.165, 1.54) is 6.33 Å². The standard InChI is InChI=1S/C18H23F3N6O2/c1-4-29-15-10(6-22-9-25-15)7-23-16-24-8-11(18(19,20)21)14(27-16)26-12-5-13(28)17(12,2)3/h6,8-9,12-13,28H,4-5,7H2,1-3H3,(H2,23,24,26,27)/t12-,13+/m1/s1. The van der Waals surface area contributed by atoms with E-state index >= 15 is 0 Å². The first-order chi connectivity index (χ1) is 13.6. The lowest BCUT2D eigenvalue weighted by Gasteiger charge is -2.49. The van der Waals surface area contributed by atoms with Crippen LogP contribution in [0.5, 0.6) is 5.88 Å². The fourth-order valence-electron chi connectivity index (χ4n) is 3.01. The predicted octanol–water partition coefficient (Wildman–Crippen LogP) is 2.87. The van der Waals surface area contributed by atoms with Crippen molar-refractivity contribution in [1.82, 2.24) is 19.9 Å². The molecule has 0 saturated heterocycles. The summed E-state index contributed by atoms with van der Waals surface area (Å²) in [5, 5.41) is 15.6. The van der Waals surface area contributed by atoms with Gasteiger partial charge in [0.05, 0.1) is 18.3 Å². The third-order valence-electron chi connectivity index (χ3n) is 5.09. The van der Waals surface area contributed by atoms with Crippen molar-refractivity contribution >= 4 is 11.8 Å². The number of nitrogens with zero attached hydrogens (tertiary/aromatic N) is 4. The average molecular weight is 412 g/mol. The number of alkyl halides is 3. The van der Waals surface area contributed by atoms with Crippen LogP contribution in [-0.4, -0.2) is 43.8 Å². The minimum absolute atomic E-state index is 0.0180. The van der Waals surface area contributed by atoms with Crippen LogP contribution in [-0.2, 0) is 12.7 Å². The van der Waals surface area contributed by atoms with Crippen LogP contribution in [0.15, 0.2) is 18.7 Å². The molecule has 2 aromatic rings. The van der Waals surface area contributed by atoms with Gasteiger partial charge < -0.3 is 20.5 Å². The Balaban J connectivity index is 1.80. The van der Waals surface area contributed by atoms with Gasteiger partial charge in [0.2, 0.25) is 11.8 Å². The van der Waals surface area contributed by atoms with Crippen LogP contribution >= 0.6 is 0 Å². The van der Waals surface area contributed by atoms with Gasteiger partial charge in [-0.2, -0.15) is 18.2 Å². The number of aliphatic hydroxyl groups is 1. The van der Waals surface area contributed by atoms with Gasteiger partial charge in [-0.3, -0.25) is 0 Å². The van der Waals surface area contributed by atoms with Crippen molar-refractivity contribution in [3.8, 4) is 5.88 Å². The molecule has 2 atom stereocenters. The molecule has 3 N–H and O–H groups in total. The number of halogens is 3. The number of aliphatic hydroxyl groups excluding tert-OH is 1. The second-order valence-corrected chi connectivity index (χ2v) is 7.36. The van der Waals surface area contributed by atoms with Crippen molar-refractivity contribution in [3.63, 3.8) is 0 Å². The number of rotatable bonds is 7. The number of hydrogen-bond acceptors (Lipinski definition) is 8. The van der Waals surface area contributed by atoms with Gasteiger partial charge in [0.25, 0.3) is 0 Å². The summed E-state index contributed by atoms with van der Waals surface area (Å²) in [6.45, 7) is 5.98. The maximum atomic E-state index is 13.4. The molecule has 3 rings (SSSR count). The Kier molecular flexibility index (Phi) is 5.78. The van der Waals surface area contributed by atoms with E-state index in [4.69, 9.17) is 4.74 Å². The molecule has 0 amide bonds. The van der Waals surface area contributed by atoms with E-state index in [0.29, 0.717) is 24.5 Å². The van der Waals surface area contributed by atoms with E-state index in [1.54, 1.807) is 20.0 Å². The van der Waals surface area contributed by atoms with Crippen LogP contribution in [0.2, 0.25) is 0 Å². The van der Waals surface area contributed by atoms with Crippen LogP contribution in [0.1, 0.15) is 38.3 Å². The summed E-state index contributed by atoms with van der Waals surface area (Å²) in [7, 11) is 0. The molecule has 2 aromatic heterocycles. The van der Waals surface area contributed by atoms with Gasteiger partial charge in [0, 0.05) is 30.4 Å². The zero-order valence-electron chi connectivity index (χ0n) is 16.3. The average Bonchev–Trinajstić information content (AvgIpc) is 2.66. The van der Waals surface area contributed by atoms with E-state index in [1.807, 2.05) is 6.92 Å². The summed E-state index contributed by atoms with van der Waals surface area (Å²) >= 11 is 0. The van der Waals surface area contributed by atoms with E-state index in [-0.39, 0.29) is 24.4 Å². The molecule has 2 heterocycles. The summed E-state index contributed by atoms with van der Waals surface area (Å²) in [4.78, 5) is 15.8. The topological polar surface area (TPSA) is 105 Å². The molecule has 0 radical (unpaired) electrons. The second-order valence-electron chi connectivity index (χ2n) is 7.36. The van der Waals surface area contributed by atoms with Crippen molar-refractivity contribution in [2.75, 3.05) is 17.2 Å². The molecule has 1 saturated carbocycles. The summed E-state index contributed by atoms with van der Waals surface area (Å²) in [5.74, 6) is 0.0734. The van der Waals surface area contributed by atoms with Crippen molar-refractivity contribution in [2.45, 2.75) is 52.1 Å². The highest BCUT2D eigenvalue weighted by Gasteiger charge is 2.48. The molecule has 1 aliphatic rings. The Labute approximate surface area is 166 Å². The lowest BCUT2D eigenvalue weighted by molar-refractivity contribution is -0.137. The fourth-order valence-corrected chi connectivity index (χ4v) is 3.01. The Morgan fingerprint density at radius 2 is 2.03 bits per heavy atom. The maximum Gasteiger partial charge on any atom is 0.421 e. The van der Waals surface area contributed by atoms with Gasteiger partial charge in [-0.25, -0.2) is 15.0 Å². The third-order valence-corrected chi connectivity index (χ3v) is 5.09. The molecule has 1 fully saturated rings. The van der Waals surface area contributed by atoms with Crippen LogP contribution in [0.25, 0.3) is 0 Å². The second kappa shape index (κ2) is 7.97. The SMILES string of the molecule is CCOc1ncncc1CNc1ncc(C(F)(F)F)c(N[C@@H]2C[C@H](O)C2(C)C)n1. The number of hydrogen-bond donors (Lipinski definition) is 3. The monoisotopic (exact) mass is 412 g/mol. The summed E-state index contributed by atoms with van der Waals surface area (Å²) in [5.41, 5.74) is -0.899. The van der Waals surface area contributed by atoms with Gasteiger partial charge in [-0.05, 0) is 13.3 Å². The molecular formula is C18H23F3N6O2. The zero-order valence-corrected chi connectivity index (χ0v) is 16.3. The van der Waals surface area contributed by atoms with Gasteiger partial charge in [-0.1, -0.05) is 13.8 Å². The molecule has 11 heteroatoms. The highest BCUT2D eigenvalue weighted by molar-refractivity contribution is 5.50. The number of aromatic nitrogens is 4. The largest absolute Gasteiger partial charge is 0.478 e. The van der Waals surface area contributed by atoms with Gasteiger partial charge in [-0.15, -0.1) is 0 Å². The summed E-state index contributed by atoms with van der Waals surface area (Å²) in [6, 6.07) is -0.339. The van der Waals surface area contributed by atoms with Crippen molar-refractivity contribution in [2.24, 2.45) is 5.41 Å². The van der Waals surface area contributed by atoms with Crippen LogP contribution in [0.3, 0.4) is 0 Å². The maximum absolute atomic E-state index is 13.4. The number of nitrogens with one attached hydrogen (secondary N) is 2. The molecule has 8 nitrogen and oxygen atoms in total. The fraction of sp³-hybridized carbons (Fsp3) is 0.556. The van der Waals surface area contributed by atoms with E-state index in [2.05, 4.69) is 30.6 Å². The van der Waals surface area contributed by atoms with Crippen molar-refractivity contribution in [1.29, 1.82) is 0 Å². The van der Waals surface area contributed by atoms with Gasteiger partial charge >= 0.3 is 6.18 Å². The molecule has 1 aliphatic carbocycles. The first-order valence-electron chi connectivity index (χ1n) is 9.17. The predicted molar refractivity (Wildman–Crippen MR) is 99.4 cm³/mol. The van der Waals surface area contributed by atoms with Crippen LogP contribution in [0.4, 0.5) is 24.9 Å². The Morgan fingerprint density at radius 3 is 2.66 bits per heavy atom. The Bertz CT molecular complexity index is 862. The first kappa shape index (κ1) is 21.0. The highest BCUT2D eigenvalue weighted by atomic mass is 19.4. The minimum atomic E-state index is -4.61. The smallest absolute Gasteiger partial charge is 0.421 e. The number of ether oxygens (including phenoxy) is 1. The third kappa shape index (κ3) is 4.50. The van der Waals surface area contributed by atoms with Crippen LogP contribution < -0.4 is 15.4 Å². The van der Waals surface area contributed by atoms with Crippen molar-refractivity contribution < 1.29 is 23.0 Å². The first-order valence-corrected chi connectivity index (χ1v) is 9.17. The molecule has 0 aliphatic heterocycles. The summed E-state index contributed by atoms with van der Waals surface area (Å²) < 4.78 is 45.6. The summed E-state index contributed by atoms with van der Waals surface area (Å²) in [6.07, 6.45) is -1.21. The molecule has 0 spiro atoms. The lowest BCUT2D eigenvalue weighted by atomic mass is 9.64. The van der Waals surface area contributed by atoms with Gasteiger partial charge in [0.15, 0.2) is 0 Å². The van der Waals surface area contributed by atoms with Gasteiger partial charge in [0.1, 0.15) is 17.7 Å². The quantitative estimate of drug-likeness (QED) is 0.638. The molecular weight excluding hydrogens is 389 g/mol. The normalized spacial score (nSPS) is 20.7. The molecule has 0 aromatic carbocycles. The van der Waals surface area contributed by atoms with E-state index < -0.39 is 23.3 Å². The highest BCUT2D eigenvalue weighted by Crippen LogP contribution is 2.43. The molecule has 0 unspecified atom stereocenters. The molecule has 158 valence electrons. The minimum Gasteiger partial charge on any atom is -0.478 e. The Hall–Kier alpha value is -2.69. The lowest BCUT2D eigenvalue weighted by Crippen LogP contribution is -2.57. The zero-order chi connectivity index (χ0) is 21.2. The van der Waals surface area contributed by atoms with E-state index in [0.717, 1.165) is 6.20 Å². The van der Waals surface area contributed by atoms with Crippen LogP contribution in [0, 0.1) is 5.41 Å². The number of anilines is 2. The van der Waals surface area contributed by atoms with E-state index in [9.17, 15) is 18.3 Å². The molecule has 0 bridgehead atoms. The Morgan fingerprint density at radius 1 is 1.28 bits per heavy atom.